The van der Waals surface area contributed by atoms with Gasteiger partial charge in [0.15, 0.2) is 0 Å². The molecule has 2 amide bonds. The number of nitrogens with zero attached hydrogens (tertiary/aromatic N) is 2. The number of fused-ring (bicyclic) bond motifs is 5. The Hall–Kier alpha value is -2.50. The maximum Gasteiger partial charge on any atom is 0.255 e. The molecule has 136 valence electrons. The molecule has 0 aromatic heterocycles. The Balaban J connectivity index is 1.48. The number of carbonyl (C=O) groups is 2. The van der Waals surface area contributed by atoms with Crippen LogP contribution in [0.4, 0.5) is 5.69 Å². The lowest BCUT2D eigenvalue weighted by molar-refractivity contribution is -0.121. The van der Waals surface area contributed by atoms with Gasteiger partial charge in [0.05, 0.1) is 24.3 Å². The number of anilines is 1. The number of hydrogen-bond donors (Lipinski definition) is 1. The van der Waals surface area contributed by atoms with Crippen LogP contribution in [0.15, 0.2) is 24.4 Å². The highest BCUT2D eigenvalue weighted by Crippen LogP contribution is 2.44. The topological polar surface area (TPSA) is 61.9 Å². The Labute approximate surface area is 152 Å². The fourth-order valence-electron chi connectivity index (χ4n) is 4.79. The Morgan fingerprint density at radius 1 is 1.15 bits per heavy atom. The van der Waals surface area contributed by atoms with Crippen molar-refractivity contribution in [3.8, 4) is 5.75 Å². The lowest BCUT2D eigenvalue weighted by Crippen LogP contribution is -2.46. The van der Waals surface area contributed by atoms with Crippen LogP contribution in [0.2, 0.25) is 0 Å². The van der Waals surface area contributed by atoms with Crippen molar-refractivity contribution in [3.63, 3.8) is 0 Å². The molecule has 26 heavy (non-hydrogen) atoms. The number of piperidine rings is 2. The zero-order valence-electron chi connectivity index (χ0n) is 14.8. The SMILES string of the molecule is C=C1NC(=O)CC[C@@H]1N1Cc2c(ccc3c2OCC2CCCCN32)C1=O. The molecule has 2 atom stereocenters. The van der Waals surface area contributed by atoms with Crippen molar-refractivity contribution >= 4 is 17.5 Å². The predicted octanol–water partition coefficient (Wildman–Crippen LogP) is 2.19. The van der Waals surface area contributed by atoms with Gasteiger partial charge in [0.2, 0.25) is 5.91 Å². The second kappa shape index (κ2) is 5.76. The van der Waals surface area contributed by atoms with E-state index >= 15 is 0 Å². The summed E-state index contributed by atoms with van der Waals surface area (Å²) in [6, 6.07) is 4.30. The normalized spacial score (nSPS) is 27.5. The molecule has 0 radical (unpaired) electrons. The molecular weight excluding hydrogens is 330 g/mol. The molecule has 1 aromatic rings. The summed E-state index contributed by atoms with van der Waals surface area (Å²) in [5, 5.41) is 2.79. The van der Waals surface area contributed by atoms with Crippen LogP contribution in [0.5, 0.6) is 5.75 Å². The highest BCUT2D eigenvalue weighted by atomic mass is 16.5. The maximum atomic E-state index is 13.0. The zero-order valence-corrected chi connectivity index (χ0v) is 14.8. The van der Waals surface area contributed by atoms with Crippen LogP contribution in [0, 0.1) is 0 Å². The third-order valence-electron chi connectivity index (χ3n) is 6.14. The monoisotopic (exact) mass is 353 g/mol. The number of nitrogens with one attached hydrogen (secondary N) is 1. The second-order valence-electron chi connectivity index (χ2n) is 7.65. The second-order valence-corrected chi connectivity index (χ2v) is 7.65. The van der Waals surface area contributed by atoms with Crippen LogP contribution < -0.4 is 15.0 Å². The van der Waals surface area contributed by atoms with E-state index in [2.05, 4.69) is 16.8 Å². The Morgan fingerprint density at radius 2 is 2.04 bits per heavy atom. The summed E-state index contributed by atoms with van der Waals surface area (Å²) < 4.78 is 6.15. The summed E-state index contributed by atoms with van der Waals surface area (Å²) in [6.45, 7) is 6.24. The average molecular weight is 353 g/mol. The molecule has 6 nitrogen and oxygen atoms in total. The molecule has 0 saturated carbocycles. The van der Waals surface area contributed by atoms with Crippen molar-refractivity contribution < 1.29 is 14.3 Å². The van der Waals surface area contributed by atoms with E-state index in [0.717, 1.165) is 29.1 Å². The van der Waals surface area contributed by atoms with Crippen LogP contribution in [-0.4, -0.2) is 41.9 Å². The maximum absolute atomic E-state index is 13.0. The fraction of sp³-hybridized carbons (Fsp3) is 0.500. The van der Waals surface area contributed by atoms with Gasteiger partial charge in [-0.05, 0) is 37.8 Å². The van der Waals surface area contributed by atoms with Gasteiger partial charge in [-0.2, -0.15) is 0 Å². The summed E-state index contributed by atoms with van der Waals surface area (Å²) in [5.74, 6) is 0.865. The van der Waals surface area contributed by atoms with Crippen LogP contribution >= 0.6 is 0 Å². The van der Waals surface area contributed by atoms with Gasteiger partial charge in [0, 0.05) is 29.8 Å². The van der Waals surface area contributed by atoms with Crippen LogP contribution in [-0.2, 0) is 11.3 Å². The average Bonchev–Trinajstić information content (AvgIpc) is 2.98. The van der Waals surface area contributed by atoms with Gasteiger partial charge < -0.3 is 19.9 Å². The minimum atomic E-state index is -0.144. The number of amides is 2. The summed E-state index contributed by atoms with van der Waals surface area (Å²) in [7, 11) is 0. The zero-order chi connectivity index (χ0) is 17.8. The van der Waals surface area contributed by atoms with Crippen molar-refractivity contribution in [2.24, 2.45) is 0 Å². The summed E-state index contributed by atoms with van der Waals surface area (Å²) in [5.41, 5.74) is 3.46. The van der Waals surface area contributed by atoms with E-state index in [4.69, 9.17) is 4.74 Å². The van der Waals surface area contributed by atoms with Gasteiger partial charge in [0.1, 0.15) is 12.4 Å². The quantitative estimate of drug-likeness (QED) is 0.841. The Morgan fingerprint density at radius 3 is 2.88 bits per heavy atom. The van der Waals surface area contributed by atoms with E-state index in [1.165, 1.54) is 19.3 Å². The van der Waals surface area contributed by atoms with Gasteiger partial charge >= 0.3 is 0 Å². The number of benzene rings is 1. The van der Waals surface area contributed by atoms with E-state index < -0.39 is 0 Å². The number of rotatable bonds is 1. The molecule has 1 aromatic carbocycles. The van der Waals surface area contributed by atoms with Crippen LogP contribution in [0.25, 0.3) is 0 Å². The summed E-state index contributed by atoms with van der Waals surface area (Å²) in [4.78, 5) is 28.8. The molecule has 0 bridgehead atoms. The predicted molar refractivity (Wildman–Crippen MR) is 97.1 cm³/mol. The van der Waals surface area contributed by atoms with Gasteiger partial charge in [-0.15, -0.1) is 0 Å². The molecular formula is C20H23N3O3. The van der Waals surface area contributed by atoms with Crippen molar-refractivity contribution in [1.29, 1.82) is 0 Å². The van der Waals surface area contributed by atoms with Gasteiger partial charge in [-0.3, -0.25) is 9.59 Å². The molecule has 4 heterocycles. The van der Waals surface area contributed by atoms with Gasteiger partial charge in [-0.1, -0.05) is 6.58 Å². The molecule has 6 heteroatoms. The molecule has 4 aliphatic heterocycles. The smallest absolute Gasteiger partial charge is 0.255 e. The van der Waals surface area contributed by atoms with E-state index in [-0.39, 0.29) is 17.9 Å². The molecule has 0 spiro atoms. The lowest BCUT2D eigenvalue weighted by Gasteiger charge is -2.42. The van der Waals surface area contributed by atoms with E-state index in [9.17, 15) is 9.59 Å². The first-order chi connectivity index (χ1) is 12.6. The highest BCUT2D eigenvalue weighted by molar-refractivity contribution is 6.01. The van der Waals surface area contributed by atoms with E-state index in [0.29, 0.717) is 37.7 Å². The third-order valence-corrected chi connectivity index (χ3v) is 6.14. The minimum absolute atomic E-state index is 0.00877. The standard InChI is InChI=1S/C20H23N3O3/c1-12-16(7-8-18(24)21-12)23-10-15-14(20(23)25)5-6-17-19(15)26-11-13-4-2-3-9-22(13)17/h5-6,13,16H,1-4,7-11H2,(H,21,24)/t13?,16-/m0/s1. The van der Waals surface area contributed by atoms with E-state index in [1.807, 2.05) is 17.0 Å². The van der Waals surface area contributed by atoms with Crippen LogP contribution in [0.1, 0.15) is 48.0 Å². The minimum Gasteiger partial charge on any atom is -0.489 e. The van der Waals surface area contributed by atoms with Crippen LogP contribution in [0.3, 0.4) is 0 Å². The Kier molecular flexibility index (Phi) is 3.48. The summed E-state index contributed by atoms with van der Waals surface area (Å²) >= 11 is 0. The van der Waals surface area contributed by atoms with Crippen molar-refractivity contribution in [1.82, 2.24) is 10.2 Å². The van der Waals surface area contributed by atoms with Crippen molar-refractivity contribution in [2.45, 2.75) is 50.7 Å². The summed E-state index contributed by atoms with van der Waals surface area (Å²) in [6.07, 6.45) is 4.69. The number of carbonyl (C=O) groups excluding carboxylic acids is 2. The molecule has 2 saturated heterocycles. The largest absolute Gasteiger partial charge is 0.489 e. The molecule has 2 fully saturated rings. The van der Waals surface area contributed by atoms with Crippen molar-refractivity contribution in [3.05, 3.63) is 35.5 Å². The third kappa shape index (κ3) is 2.24. The first-order valence-electron chi connectivity index (χ1n) is 9.48. The van der Waals surface area contributed by atoms with Gasteiger partial charge in [0.25, 0.3) is 5.91 Å². The Bertz CT molecular complexity index is 819. The molecule has 5 rings (SSSR count). The number of ether oxygens (including phenoxy) is 1. The molecule has 4 aliphatic rings. The van der Waals surface area contributed by atoms with Crippen molar-refractivity contribution in [2.75, 3.05) is 18.1 Å². The highest BCUT2D eigenvalue weighted by Gasteiger charge is 2.40. The molecule has 1 unspecified atom stereocenters. The first-order valence-corrected chi connectivity index (χ1v) is 9.48. The van der Waals surface area contributed by atoms with E-state index in [1.54, 1.807) is 0 Å². The number of hydrogen-bond acceptors (Lipinski definition) is 4. The first kappa shape index (κ1) is 15.7. The van der Waals surface area contributed by atoms with Gasteiger partial charge in [-0.25, -0.2) is 0 Å². The lowest BCUT2D eigenvalue weighted by atomic mass is 9.98. The molecule has 1 N–H and O–H groups in total. The molecule has 0 aliphatic carbocycles. The fourth-order valence-corrected chi connectivity index (χ4v) is 4.79.